The van der Waals surface area contributed by atoms with E-state index in [9.17, 15) is 18.4 Å². The third kappa shape index (κ3) is 5.91. The van der Waals surface area contributed by atoms with Gasteiger partial charge in [0, 0.05) is 6.07 Å². The van der Waals surface area contributed by atoms with Crippen LogP contribution < -0.4 is 0 Å². The first-order valence-electron chi connectivity index (χ1n) is 5.64. The van der Waals surface area contributed by atoms with Gasteiger partial charge in [-0.15, -0.1) is 0 Å². The van der Waals surface area contributed by atoms with Crippen molar-refractivity contribution in [3.8, 4) is 0 Å². The molecule has 0 atom stereocenters. The molecule has 23 heavy (non-hydrogen) atoms. The minimum Gasteiger partial charge on any atom is -0.211 e. The van der Waals surface area contributed by atoms with Crippen molar-refractivity contribution in [1.82, 2.24) is 0 Å². The highest BCUT2D eigenvalue weighted by Crippen LogP contribution is 2.33. The third-order valence-electron chi connectivity index (χ3n) is 2.23. The molecular weight excluding hydrogens is 373 g/mol. The fourth-order valence-corrected chi connectivity index (χ4v) is 1.85. The summed E-state index contributed by atoms with van der Waals surface area (Å²) in [6.07, 6.45) is 2.48. The Hall–Kier alpha value is -2.07. The molecule has 0 amide bonds. The maximum absolute atomic E-state index is 12.5. The number of isocyanates is 2. The molecule has 118 valence electrons. The average Bonchev–Trinajstić information content (AvgIpc) is 2.50. The summed E-state index contributed by atoms with van der Waals surface area (Å²) in [5, 5.41) is 0.898. The van der Waals surface area contributed by atoms with E-state index in [0.717, 1.165) is 24.3 Å². The Balaban J connectivity index is 0.000000231. The van der Waals surface area contributed by atoms with Gasteiger partial charge < -0.3 is 0 Å². The van der Waals surface area contributed by atoms with Crippen molar-refractivity contribution in [3.05, 3.63) is 57.0 Å². The monoisotopic (exact) mass is 376 g/mol. The number of nitrogens with zero attached hydrogens (tertiary/aromatic N) is 2. The number of aliphatic imine (C=N–C) groups is 2. The zero-order valence-electron chi connectivity index (χ0n) is 11.0. The van der Waals surface area contributed by atoms with Gasteiger partial charge in [-0.3, -0.25) is 0 Å². The lowest BCUT2D eigenvalue weighted by molar-refractivity contribution is 0.563. The normalized spacial score (nSPS) is 9.09. The van der Waals surface area contributed by atoms with Crippen LogP contribution in [0, 0.1) is 11.6 Å². The Morgan fingerprint density at radius 2 is 1.35 bits per heavy atom. The molecule has 9 heteroatoms. The van der Waals surface area contributed by atoms with E-state index in [4.69, 9.17) is 34.8 Å². The number of carbonyl (C=O) groups excluding carboxylic acids is 2. The van der Waals surface area contributed by atoms with Gasteiger partial charge >= 0.3 is 0 Å². The Kier molecular flexibility index (Phi) is 7.55. The maximum Gasteiger partial charge on any atom is 0.240 e. The van der Waals surface area contributed by atoms with Crippen molar-refractivity contribution in [1.29, 1.82) is 0 Å². The predicted octanol–water partition coefficient (Wildman–Crippen LogP) is 5.55. The van der Waals surface area contributed by atoms with Crippen LogP contribution >= 0.6 is 34.8 Å². The molecule has 0 spiro atoms. The second-order valence-electron chi connectivity index (χ2n) is 3.72. The van der Waals surface area contributed by atoms with E-state index in [1.165, 1.54) is 18.2 Å². The van der Waals surface area contributed by atoms with E-state index in [1.54, 1.807) is 0 Å². The summed E-state index contributed by atoms with van der Waals surface area (Å²) in [6.45, 7) is 0. The average molecular weight is 378 g/mol. The van der Waals surface area contributed by atoms with Gasteiger partial charge in [-0.2, -0.15) is 9.98 Å². The molecule has 0 N–H and O–H groups in total. The van der Waals surface area contributed by atoms with E-state index >= 15 is 0 Å². The Morgan fingerprint density at radius 3 is 1.96 bits per heavy atom. The fourth-order valence-electron chi connectivity index (χ4n) is 1.27. The fraction of sp³-hybridized carbons (Fsp3) is 0. The molecule has 0 radical (unpaired) electrons. The molecule has 0 fully saturated rings. The van der Waals surface area contributed by atoms with Crippen LogP contribution in [-0.2, 0) is 9.59 Å². The van der Waals surface area contributed by atoms with Crippen LogP contribution in [0.2, 0.25) is 15.1 Å². The highest BCUT2D eigenvalue weighted by atomic mass is 35.5. The van der Waals surface area contributed by atoms with E-state index in [-0.39, 0.29) is 16.4 Å². The van der Waals surface area contributed by atoms with E-state index < -0.39 is 11.6 Å². The van der Waals surface area contributed by atoms with Crippen molar-refractivity contribution in [2.24, 2.45) is 9.98 Å². The molecule has 0 saturated carbocycles. The molecule has 0 bridgehead atoms. The van der Waals surface area contributed by atoms with Gasteiger partial charge in [-0.25, -0.2) is 18.4 Å². The molecule has 0 aliphatic carbocycles. The standard InChI is InChI=1S/C7H2Cl3NO.C7H3F2NO/c8-4-1-6(10)7(11-3-12)2-5(4)9;8-5-1-2-6(9)7(3-5)10-4-11/h1-2H;1-3H. The summed E-state index contributed by atoms with van der Waals surface area (Å²) in [7, 11) is 0. The van der Waals surface area contributed by atoms with E-state index in [2.05, 4.69) is 9.98 Å². The maximum atomic E-state index is 12.5. The van der Waals surface area contributed by atoms with Crippen molar-refractivity contribution >= 4 is 58.3 Å². The zero-order chi connectivity index (χ0) is 17.4. The van der Waals surface area contributed by atoms with Crippen molar-refractivity contribution in [3.63, 3.8) is 0 Å². The van der Waals surface area contributed by atoms with Crippen LogP contribution in [0.15, 0.2) is 40.3 Å². The molecule has 0 saturated heterocycles. The van der Waals surface area contributed by atoms with Crippen LogP contribution in [0.5, 0.6) is 0 Å². The lowest BCUT2D eigenvalue weighted by atomic mass is 10.3. The second-order valence-corrected chi connectivity index (χ2v) is 4.94. The number of hydrogen-bond acceptors (Lipinski definition) is 4. The summed E-state index contributed by atoms with van der Waals surface area (Å²) in [5.74, 6) is -1.38. The molecule has 0 aliphatic heterocycles. The number of hydrogen-bond donors (Lipinski definition) is 0. The quantitative estimate of drug-likeness (QED) is 0.391. The minimum atomic E-state index is -0.741. The van der Waals surface area contributed by atoms with Crippen molar-refractivity contribution in [2.75, 3.05) is 0 Å². The molecule has 2 aromatic rings. The smallest absolute Gasteiger partial charge is 0.211 e. The molecule has 0 unspecified atom stereocenters. The van der Waals surface area contributed by atoms with Crippen molar-refractivity contribution < 1.29 is 18.4 Å². The van der Waals surface area contributed by atoms with Crippen LogP contribution in [0.1, 0.15) is 0 Å². The summed E-state index contributed by atoms with van der Waals surface area (Å²) in [4.78, 5) is 25.8. The Bertz CT molecular complexity index is 818. The first-order chi connectivity index (χ1) is 10.9. The second kappa shape index (κ2) is 9.16. The van der Waals surface area contributed by atoms with E-state index in [1.807, 2.05) is 0 Å². The summed E-state index contributed by atoms with van der Waals surface area (Å²) in [5.41, 5.74) is -0.0685. The van der Waals surface area contributed by atoms with Crippen LogP contribution in [0.3, 0.4) is 0 Å². The summed E-state index contributed by atoms with van der Waals surface area (Å²) in [6, 6.07) is 5.48. The highest BCUT2D eigenvalue weighted by molar-refractivity contribution is 6.43. The largest absolute Gasteiger partial charge is 0.240 e. The molecule has 0 aliphatic rings. The van der Waals surface area contributed by atoms with Crippen LogP contribution in [0.4, 0.5) is 20.2 Å². The van der Waals surface area contributed by atoms with Gasteiger partial charge in [-0.05, 0) is 24.3 Å². The first-order valence-corrected chi connectivity index (χ1v) is 6.77. The number of halogens is 5. The van der Waals surface area contributed by atoms with Gasteiger partial charge in [0.15, 0.2) is 0 Å². The highest BCUT2D eigenvalue weighted by Gasteiger charge is 2.04. The van der Waals surface area contributed by atoms with Gasteiger partial charge in [0.05, 0.1) is 20.8 Å². The SMILES string of the molecule is O=C=Nc1cc(Cl)c(Cl)cc1Cl.O=C=Nc1cc(F)ccc1F. The lowest BCUT2D eigenvalue weighted by Gasteiger charge is -1.98. The van der Waals surface area contributed by atoms with E-state index in [0.29, 0.717) is 10.0 Å². The number of benzene rings is 2. The molecule has 4 nitrogen and oxygen atoms in total. The van der Waals surface area contributed by atoms with Gasteiger partial charge in [-0.1, -0.05) is 34.8 Å². The van der Waals surface area contributed by atoms with Crippen LogP contribution in [-0.4, -0.2) is 12.2 Å². The zero-order valence-corrected chi connectivity index (χ0v) is 13.3. The Labute approximate surface area is 144 Å². The minimum absolute atomic E-state index is 0.265. The molecular formula is C14H5Cl3F2N2O2. The molecule has 0 heterocycles. The lowest BCUT2D eigenvalue weighted by Crippen LogP contribution is -1.77. The third-order valence-corrected chi connectivity index (χ3v) is 3.25. The topological polar surface area (TPSA) is 58.9 Å². The van der Waals surface area contributed by atoms with Gasteiger partial charge in [0.1, 0.15) is 17.3 Å². The predicted molar refractivity (Wildman–Crippen MR) is 83.4 cm³/mol. The number of rotatable bonds is 2. The van der Waals surface area contributed by atoms with Crippen molar-refractivity contribution in [2.45, 2.75) is 0 Å². The molecule has 2 rings (SSSR count). The first kappa shape index (κ1) is 19.0. The van der Waals surface area contributed by atoms with Gasteiger partial charge in [0.2, 0.25) is 12.2 Å². The Morgan fingerprint density at radius 1 is 0.783 bits per heavy atom. The van der Waals surface area contributed by atoms with Gasteiger partial charge in [0.25, 0.3) is 0 Å². The summed E-state index contributed by atoms with van der Waals surface area (Å²) < 4.78 is 24.8. The molecule has 2 aromatic carbocycles. The summed E-state index contributed by atoms with van der Waals surface area (Å²) >= 11 is 16.9. The van der Waals surface area contributed by atoms with Crippen LogP contribution in [0.25, 0.3) is 0 Å². The molecule has 0 aromatic heterocycles.